The van der Waals surface area contributed by atoms with E-state index in [2.05, 4.69) is 48.1 Å². The van der Waals surface area contributed by atoms with Crippen molar-refractivity contribution in [3.05, 3.63) is 39.3 Å². The second-order valence-corrected chi connectivity index (χ2v) is 8.45. The fourth-order valence-corrected chi connectivity index (χ4v) is 4.94. The molecule has 0 unspecified atom stereocenters. The molecule has 1 aromatic carbocycles. The molecule has 4 rings (SSSR count). The number of thioether (sulfide) groups is 1. The van der Waals surface area contributed by atoms with Crippen LogP contribution in [0.4, 0.5) is 0 Å². The van der Waals surface area contributed by atoms with Gasteiger partial charge in [0, 0.05) is 24.2 Å². The first-order valence-corrected chi connectivity index (χ1v) is 10.1. The first kappa shape index (κ1) is 17.3. The number of rotatable bonds is 1. The number of amidine groups is 3. The summed E-state index contributed by atoms with van der Waals surface area (Å²) in [6, 6.07) is 4.26. The highest BCUT2D eigenvalue weighted by molar-refractivity contribution is 8.18. The maximum Gasteiger partial charge on any atom is 0.171 e. The Kier molecular flexibility index (Phi) is 4.39. The normalized spacial score (nSPS) is 22.8. The highest BCUT2D eigenvalue weighted by Crippen LogP contribution is 2.41. The van der Waals surface area contributed by atoms with E-state index in [9.17, 15) is 0 Å². The third-order valence-corrected chi connectivity index (χ3v) is 6.42. The van der Waals surface area contributed by atoms with E-state index in [1.165, 1.54) is 24.8 Å². The molecule has 1 saturated heterocycles. The smallest absolute Gasteiger partial charge is 0.171 e. The molecule has 3 heterocycles. The van der Waals surface area contributed by atoms with Crippen LogP contribution in [0, 0.1) is 17.7 Å². The van der Waals surface area contributed by atoms with E-state index in [-0.39, 0.29) is 0 Å². The fourth-order valence-electron chi connectivity index (χ4n) is 3.91. The molecule has 0 atom stereocenters. The molecule has 0 amide bonds. The van der Waals surface area contributed by atoms with Crippen LogP contribution in [0.5, 0.6) is 0 Å². The third-order valence-electron chi connectivity index (χ3n) is 5.29. The number of aliphatic imine (C=N–C) groups is 1. The fraction of sp³-hybridized carbons (Fsp3) is 0.450. The van der Waals surface area contributed by atoms with E-state index in [1.54, 1.807) is 11.8 Å². The van der Waals surface area contributed by atoms with Crippen LogP contribution < -0.4 is 5.32 Å². The molecule has 0 aromatic heterocycles. The molecule has 0 aliphatic carbocycles. The van der Waals surface area contributed by atoms with Crippen molar-refractivity contribution in [2.45, 2.75) is 46.0 Å². The lowest BCUT2D eigenvalue weighted by Gasteiger charge is -2.27. The van der Waals surface area contributed by atoms with Crippen molar-refractivity contribution in [3.8, 4) is 0 Å². The van der Waals surface area contributed by atoms with Gasteiger partial charge >= 0.3 is 0 Å². The Balaban J connectivity index is 1.78. The molecular weight excluding hydrogens is 342 g/mol. The Labute approximate surface area is 159 Å². The summed E-state index contributed by atoms with van der Waals surface area (Å²) in [7, 11) is 0. The molecule has 3 aliphatic heterocycles. The van der Waals surface area contributed by atoms with E-state index in [4.69, 9.17) is 10.8 Å². The molecule has 0 spiro atoms. The van der Waals surface area contributed by atoms with Crippen LogP contribution >= 0.6 is 11.8 Å². The van der Waals surface area contributed by atoms with Gasteiger partial charge in [-0.25, -0.2) is 4.99 Å². The average molecular weight is 368 g/mol. The Hall–Kier alpha value is -2.08. The summed E-state index contributed by atoms with van der Waals surface area (Å²) < 4.78 is 0. The second kappa shape index (κ2) is 6.58. The van der Waals surface area contributed by atoms with Crippen molar-refractivity contribution in [3.63, 3.8) is 0 Å². The van der Waals surface area contributed by atoms with Gasteiger partial charge in [-0.1, -0.05) is 26.0 Å². The molecule has 1 aromatic rings. The largest absolute Gasteiger partial charge is 0.351 e. The van der Waals surface area contributed by atoms with Gasteiger partial charge in [-0.3, -0.25) is 10.8 Å². The van der Waals surface area contributed by atoms with Crippen molar-refractivity contribution in [1.29, 1.82) is 10.8 Å². The molecule has 0 saturated carbocycles. The van der Waals surface area contributed by atoms with E-state index in [0.29, 0.717) is 17.6 Å². The van der Waals surface area contributed by atoms with Gasteiger partial charge in [0.15, 0.2) is 11.0 Å². The number of benzene rings is 1. The number of nitrogens with one attached hydrogen (secondary N) is 3. The third kappa shape index (κ3) is 2.76. The summed E-state index contributed by atoms with van der Waals surface area (Å²) in [5.74, 6) is 1.10. The van der Waals surface area contributed by atoms with Gasteiger partial charge in [-0.05, 0) is 55.0 Å². The molecule has 3 aliphatic rings. The van der Waals surface area contributed by atoms with Crippen LogP contribution in [0.2, 0.25) is 0 Å². The predicted octanol–water partition coefficient (Wildman–Crippen LogP) is 4.28. The summed E-state index contributed by atoms with van der Waals surface area (Å²) in [5.41, 5.74) is 5.28. The van der Waals surface area contributed by atoms with Crippen LogP contribution in [0.3, 0.4) is 0 Å². The standard InChI is InChI=1S/C20H25N5S/c1-11(2)13-8-7-12(3)14-15(13)16(23-18(14)21)17-19(22)24-20(26-17)25-9-5-4-6-10-25/h7-8,11,22H,4-6,9-10H2,1-3H3,(H2,21,23)/b17-16+,22-19?. The quantitative estimate of drug-likeness (QED) is 0.693. The van der Waals surface area contributed by atoms with Crippen LogP contribution in [0.25, 0.3) is 5.70 Å². The zero-order valence-corrected chi connectivity index (χ0v) is 16.4. The Morgan fingerprint density at radius 2 is 1.85 bits per heavy atom. The van der Waals surface area contributed by atoms with Gasteiger partial charge < -0.3 is 10.2 Å². The number of aryl methyl sites for hydroxylation is 1. The van der Waals surface area contributed by atoms with E-state index >= 15 is 0 Å². The van der Waals surface area contributed by atoms with Gasteiger partial charge in [-0.2, -0.15) is 0 Å². The monoisotopic (exact) mass is 367 g/mol. The van der Waals surface area contributed by atoms with E-state index in [0.717, 1.165) is 45.5 Å². The van der Waals surface area contributed by atoms with Crippen molar-refractivity contribution >= 4 is 34.3 Å². The summed E-state index contributed by atoms with van der Waals surface area (Å²) in [6.07, 6.45) is 3.67. The zero-order chi connectivity index (χ0) is 18.4. The van der Waals surface area contributed by atoms with Crippen molar-refractivity contribution in [2.24, 2.45) is 4.99 Å². The van der Waals surface area contributed by atoms with Crippen LogP contribution in [-0.4, -0.2) is 34.8 Å². The van der Waals surface area contributed by atoms with Crippen molar-refractivity contribution in [2.75, 3.05) is 13.1 Å². The van der Waals surface area contributed by atoms with Crippen molar-refractivity contribution < 1.29 is 0 Å². The SMILES string of the molecule is Cc1ccc(C(C)C)c2c1C(=N)N/C2=C1/SC(N2CCCCC2)=NC1=N. The van der Waals surface area contributed by atoms with E-state index < -0.39 is 0 Å². The number of fused-ring (bicyclic) bond motifs is 1. The van der Waals surface area contributed by atoms with E-state index in [1.807, 2.05) is 0 Å². The molecular formula is C20H25N5S. The maximum atomic E-state index is 8.46. The average Bonchev–Trinajstić information content (AvgIpc) is 3.17. The number of hydrogen-bond donors (Lipinski definition) is 3. The van der Waals surface area contributed by atoms with Gasteiger partial charge in [0.25, 0.3) is 0 Å². The number of hydrogen-bond acceptors (Lipinski definition) is 4. The highest BCUT2D eigenvalue weighted by atomic mass is 32.2. The van der Waals surface area contributed by atoms with Crippen LogP contribution in [0.15, 0.2) is 22.0 Å². The van der Waals surface area contributed by atoms with Crippen LogP contribution in [0.1, 0.15) is 61.3 Å². The molecule has 6 heteroatoms. The minimum absolute atomic E-state index is 0.315. The summed E-state index contributed by atoms with van der Waals surface area (Å²) in [4.78, 5) is 7.70. The molecule has 5 nitrogen and oxygen atoms in total. The first-order chi connectivity index (χ1) is 12.5. The predicted molar refractivity (Wildman–Crippen MR) is 110 cm³/mol. The van der Waals surface area contributed by atoms with Crippen LogP contribution in [-0.2, 0) is 0 Å². The lowest BCUT2D eigenvalue weighted by atomic mass is 9.90. The molecule has 26 heavy (non-hydrogen) atoms. The van der Waals surface area contributed by atoms with Gasteiger partial charge in [-0.15, -0.1) is 0 Å². The minimum atomic E-state index is 0.315. The zero-order valence-electron chi connectivity index (χ0n) is 15.6. The Bertz CT molecular complexity index is 859. The molecule has 0 radical (unpaired) electrons. The summed E-state index contributed by atoms with van der Waals surface area (Å²) in [6.45, 7) is 8.46. The first-order valence-electron chi connectivity index (χ1n) is 9.32. The van der Waals surface area contributed by atoms with Gasteiger partial charge in [0.05, 0.1) is 10.6 Å². The number of piperidine rings is 1. The Morgan fingerprint density at radius 1 is 1.12 bits per heavy atom. The highest BCUT2D eigenvalue weighted by Gasteiger charge is 2.34. The molecule has 136 valence electrons. The molecule has 0 bridgehead atoms. The Morgan fingerprint density at radius 3 is 2.54 bits per heavy atom. The lowest BCUT2D eigenvalue weighted by molar-refractivity contribution is 0.348. The number of nitrogens with zero attached hydrogens (tertiary/aromatic N) is 2. The summed E-state index contributed by atoms with van der Waals surface area (Å²) in [5, 5.41) is 21.1. The second-order valence-electron chi connectivity index (χ2n) is 7.47. The van der Waals surface area contributed by atoms with Crippen molar-refractivity contribution in [1.82, 2.24) is 10.2 Å². The van der Waals surface area contributed by atoms with Gasteiger partial charge in [0.1, 0.15) is 5.84 Å². The lowest BCUT2D eigenvalue weighted by Crippen LogP contribution is -2.33. The van der Waals surface area contributed by atoms with Gasteiger partial charge in [0.2, 0.25) is 0 Å². The minimum Gasteiger partial charge on any atom is -0.351 e. The number of likely N-dealkylation sites (tertiary alicyclic amines) is 1. The summed E-state index contributed by atoms with van der Waals surface area (Å²) >= 11 is 1.59. The topological polar surface area (TPSA) is 75.3 Å². The maximum absolute atomic E-state index is 8.46. The molecule has 3 N–H and O–H groups in total. The molecule has 1 fully saturated rings.